The molecule has 1 rings (SSSR count). The average molecular weight is 305 g/mol. The molecule has 0 bridgehead atoms. The maximum Gasteiger partial charge on any atom is 0.303 e. The average Bonchev–Trinajstić information content (AvgIpc) is 2.29. The second-order valence-corrected chi connectivity index (χ2v) is 4.88. The van der Waals surface area contributed by atoms with Gasteiger partial charge in [-0.1, -0.05) is 11.6 Å². The van der Waals surface area contributed by atoms with Gasteiger partial charge in [-0.15, -0.1) is 0 Å². The first-order valence-corrected chi connectivity index (χ1v) is 6.23. The molecule has 2 atom stereocenters. The van der Waals surface area contributed by atoms with Crippen LogP contribution < -0.4 is 5.32 Å². The topological polar surface area (TPSA) is 92.5 Å². The number of nitro groups is 1. The third kappa shape index (κ3) is 3.88. The van der Waals surface area contributed by atoms with Crippen LogP contribution >= 0.6 is 11.6 Å². The van der Waals surface area contributed by atoms with Crippen molar-refractivity contribution in [2.24, 2.45) is 0 Å². The maximum absolute atomic E-state index is 13.7. The zero-order valence-electron chi connectivity index (χ0n) is 10.9. The minimum absolute atomic E-state index is 0.238. The van der Waals surface area contributed by atoms with E-state index in [1.807, 2.05) is 0 Å². The molecule has 20 heavy (non-hydrogen) atoms. The van der Waals surface area contributed by atoms with E-state index < -0.39 is 40.0 Å². The number of nitrogens with zero attached hydrogens (tertiary/aromatic N) is 1. The van der Waals surface area contributed by atoms with Gasteiger partial charge in [-0.3, -0.25) is 14.9 Å². The van der Waals surface area contributed by atoms with Gasteiger partial charge in [0.25, 0.3) is 5.91 Å². The van der Waals surface area contributed by atoms with Gasteiger partial charge in [0.2, 0.25) is 0 Å². The number of amides is 1. The quantitative estimate of drug-likeness (QED) is 0.644. The fourth-order valence-electron chi connectivity index (χ4n) is 1.80. The van der Waals surface area contributed by atoms with Crippen LogP contribution in [0.5, 0.6) is 0 Å². The molecule has 1 aromatic rings. The van der Waals surface area contributed by atoms with Gasteiger partial charge in [0, 0.05) is 6.04 Å². The van der Waals surface area contributed by atoms with Gasteiger partial charge < -0.3 is 10.4 Å². The van der Waals surface area contributed by atoms with E-state index in [0.717, 1.165) is 12.1 Å². The van der Waals surface area contributed by atoms with Crippen molar-refractivity contribution in [2.75, 3.05) is 0 Å². The first-order valence-electron chi connectivity index (χ1n) is 5.85. The normalized spacial score (nSPS) is 13.7. The Kier molecular flexibility index (Phi) is 5.41. The van der Waals surface area contributed by atoms with Crippen molar-refractivity contribution in [3.63, 3.8) is 0 Å². The lowest BCUT2D eigenvalue weighted by Gasteiger charge is -2.15. The standard InChI is InChI=1S/C12H14ClFN2O4/c1-6(5-7(2)17)15-12(18)10-9(14)4-3-8(13)11(10)16(19)20/h3-4,6-7,17H,5H2,1-2H3,(H,15,18). The van der Waals surface area contributed by atoms with Crippen LogP contribution in [0, 0.1) is 15.9 Å². The van der Waals surface area contributed by atoms with Crippen LogP contribution in [-0.2, 0) is 0 Å². The summed E-state index contributed by atoms with van der Waals surface area (Å²) in [7, 11) is 0. The number of rotatable bonds is 5. The first kappa shape index (κ1) is 16.3. The molecule has 0 aliphatic rings. The molecule has 2 unspecified atom stereocenters. The Bertz CT molecular complexity index is 536. The van der Waals surface area contributed by atoms with Crippen molar-refractivity contribution >= 4 is 23.2 Å². The van der Waals surface area contributed by atoms with Gasteiger partial charge in [-0.2, -0.15) is 0 Å². The molecule has 0 saturated carbocycles. The minimum Gasteiger partial charge on any atom is -0.393 e. The molecule has 0 fully saturated rings. The predicted octanol–water partition coefficient (Wildman–Crippen LogP) is 2.28. The summed E-state index contributed by atoms with van der Waals surface area (Å²) in [4.78, 5) is 21.9. The number of nitrogens with one attached hydrogen (secondary N) is 1. The summed E-state index contributed by atoms with van der Waals surface area (Å²) in [6.45, 7) is 3.13. The molecule has 6 nitrogen and oxygen atoms in total. The molecule has 1 aromatic carbocycles. The highest BCUT2D eigenvalue weighted by Gasteiger charge is 2.28. The van der Waals surface area contributed by atoms with E-state index in [0.29, 0.717) is 0 Å². The molecule has 0 aliphatic carbocycles. The van der Waals surface area contributed by atoms with Crippen LogP contribution in [0.2, 0.25) is 5.02 Å². The molecular formula is C12H14ClFN2O4. The number of aliphatic hydroxyl groups excluding tert-OH is 1. The Labute approximate surface area is 119 Å². The molecule has 1 amide bonds. The van der Waals surface area contributed by atoms with Crippen molar-refractivity contribution in [1.29, 1.82) is 0 Å². The van der Waals surface area contributed by atoms with Crippen LogP contribution in [0.15, 0.2) is 12.1 Å². The Morgan fingerprint density at radius 1 is 1.55 bits per heavy atom. The molecule has 0 aliphatic heterocycles. The Balaban J connectivity index is 3.09. The fraction of sp³-hybridized carbons (Fsp3) is 0.417. The molecule has 0 radical (unpaired) electrons. The van der Waals surface area contributed by atoms with E-state index in [9.17, 15) is 24.4 Å². The van der Waals surface area contributed by atoms with Crippen LogP contribution in [0.25, 0.3) is 0 Å². The molecule has 110 valence electrons. The smallest absolute Gasteiger partial charge is 0.303 e. The van der Waals surface area contributed by atoms with Gasteiger partial charge in [-0.05, 0) is 32.4 Å². The summed E-state index contributed by atoms with van der Waals surface area (Å²) in [6.07, 6.45) is -0.425. The van der Waals surface area contributed by atoms with Gasteiger partial charge >= 0.3 is 5.69 Å². The Morgan fingerprint density at radius 3 is 2.65 bits per heavy atom. The zero-order chi connectivity index (χ0) is 15.4. The summed E-state index contributed by atoms with van der Waals surface area (Å²) >= 11 is 5.63. The molecule has 0 saturated heterocycles. The van der Waals surface area contributed by atoms with Gasteiger partial charge in [0.1, 0.15) is 10.8 Å². The lowest BCUT2D eigenvalue weighted by molar-refractivity contribution is -0.385. The van der Waals surface area contributed by atoms with E-state index in [4.69, 9.17) is 11.6 Å². The number of carbonyl (C=O) groups is 1. The molecule has 8 heteroatoms. The van der Waals surface area contributed by atoms with E-state index >= 15 is 0 Å². The van der Waals surface area contributed by atoms with E-state index in [1.165, 1.54) is 6.92 Å². The molecule has 0 aromatic heterocycles. The highest BCUT2D eigenvalue weighted by Crippen LogP contribution is 2.30. The van der Waals surface area contributed by atoms with Gasteiger partial charge in [0.15, 0.2) is 5.56 Å². The third-order valence-corrected chi connectivity index (χ3v) is 2.86. The minimum atomic E-state index is -1.03. The summed E-state index contributed by atoms with van der Waals surface area (Å²) < 4.78 is 13.7. The summed E-state index contributed by atoms with van der Waals surface area (Å²) in [6, 6.07) is 1.44. The van der Waals surface area contributed by atoms with Crippen molar-refractivity contribution in [2.45, 2.75) is 32.4 Å². The second kappa shape index (κ2) is 6.62. The lowest BCUT2D eigenvalue weighted by atomic mass is 10.1. The number of hydrogen-bond donors (Lipinski definition) is 2. The van der Waals surface area contributed by atoms with Gasteiger partial charge in [-0.25, -0.2) is 4.39 Å². The van der Waals surface area contributed by atoms with Crippen molar-refractivity contribution in [1.82, 2.24) is 5.32 Å². The third-order valence-electron chi connectivity index (χ3n) is 2.56. The zero-order valence-corrected chi connectivity index (χ0v) is 11.6. The molecule has 0 spiro atoms. The van der Waals surface area contributed by atoms with Crippen LogP contribution in [0.1, 0.15) is 30.6 Å². The number of hydrogen-bond acceptors (Lipinski definition) is 4. The Morgan fingerprint density at radius 2 is 2.15 bits per heavy atom. The van der Waals surface area contributed by atoms with E-state index in [1.54, 1.807) is 6.92 Å². The number of carbonyl (C=O) groups excluding carboxylic acids is 1. The van der Waals surface area contributed by atoms with Crippen molar-refractivity contribution in [3.8, 4) is 0 Å². The predicted molar refractivity (Wildman–Crippen MR) is 71.3 cm³/mol. The SMILES string of the molecule is CC(O)CC(C)NC(=O)c1c(F)ccc(Cl)c1[N+](=O)[O-]. The van der Waals surface area contributed by atoms with Crippen LogP contribution in [0.4, 0.5) is 10.1 Å². The molecular weight excluding hydrogens is 291 g/mol. The lowest BCUT2D eigenvalue weighted by Crippen LogP contribution is -2.35. The number of aliphatic hydroxyl groups is 1. The highest BCUT2D eigenvalue weighted by molar-refractivity contribution is 6.33. The monoisotopic (exact) mass is 304 g/mol. The summed E-state index contributed by atoms with van der Waals surface area (Å²) in [5.41, 5.74) is -1.48. The fourth-order valence-corrected chi connectivity index (χ4v) is 2.03. The van der Waals surface area contributed by atoms with E-state index in [2.05, 4.69) is 5.32 Å². The summed E-state index contributed by atoms with van der Waals surface area (Å²) in [5, 5.41) is 22.2. The number of benzene rings is 1. The first-order chi connectivity index (χ1) is 9.23. The second-order valence-electron chi connectivity index (χ2n) is 4.47. The molecule has 0 heterocycles. The number of nitro benzene ring substituents is 1. The van der Waals surface area contributed by atoms with Crippen LogP contribution in [-0.4, -0.2) is 28.1 Å². The number of halogens is 2. The largest absolute Gasteiger partial charge is 0.393 e. The maximum atomic E-state index is 13.7. The van der Waals surface area contributed by atoms with Crippen LogP contribution in [0.3, 0.4) is 0 Å². The van der Waals surface area contributed by atoms with E-state index in [-0.39, 0.29) is 11.4 Å². The van der Waals surface area contributed by atoms with Crippen molar-refractivity contribution in [3.05, 3.63) is 38.7 Å². The summed E-state index contributed by atoms with van der Waals surface area (Å²) in [5.74, 6) is -1.97. The Hall–Kier alpha value is -1.73. The highest BCUT2D eigenvalue weighted by atomic mass is 35.5. The molecule has 2 N–H and O–H groups in total. The van der Waals surface area contributed by atoms with Gasteiger partial charge in [0.05, 0.1) is 11.0 Å². The van der Waals surface area contributed by atoms with Crippen molar-refractivity contribution < 1.29 is 19.2 Å².